The molecule has 5 rings (SSSR count). The fraction of sp³-hybridized carbons (Fsp3) is 0. The normalized spacial score (nSPS) is 13.3. The summed E-state index contributed by atoms with van der Waals surface area (Å²) in [5.41, 5.74) is 1.22. The summed E-state index contributed by atoms with van der Waals surface area (Å²) in [6.45, 7) is 3.99. The van der Waals surface area contributed by atoms with Gasteiger partial charge >= 0.3 is 0 Å². The summed E-state index contributed by atoms with van der Waals surface area (Å²) < 4.78 is 7.63. The van der Waals surface area contributed by atoms with Gasteiger partial charge in [0.2, 0.25) is 0 Å². The van der Waals surface area contributed by atoms with E-state index in [9.17, 15) is 9.90 Å². The number of fused-ring (bicyclic) bond motifs is 3. The summed E-state index contributed by atoms with van der Waals surface area (Å²) in [5, 5.41) is 11.9. The Morgan fingerprint density at radius 2 is 1.50 bits per heavy atom. The van der Waals surface area contributed by atoms with Gasteiger partial charge in [0.1, 0.15) is 17.1 Å². The Kier molecular flexibility index (Phi) is 4.45. The average molecular weight is 411 g/mol. The molecule has 3 aromatic carbocycles. The number of aliphatic hydroxyl groups is 1. The summed E-state index contributed by atoms with van der Waals surface area (Å²) in [7, 11) is 0. The van der Waals surface area contributed by atoms with Gasteiger partial charge in [-0.05, 0) is 36.4 Å². The van der Waals surface area contributed by atoms with E-state index >= 15 is 0 Å². The number of nitrogens with zero attached hydrogens (tertiary/aromatic N) is 1. The van der Waals surface area contributed by atoms with Gasteiger partial charge in [0.15, 0.2) is 5.75 Å². The summed E-state index contributed by atoms with van der Waals surface area (Å²) >= 11 is 1.32. The lowest BCUT2D eigenvalue weighted by molar-refractivity contribution is 0.419. The van der Waals surface area contributed by atoms with E-state index in [4.69, 9.17) is 4.74 Å². The van der Waals surface area contributed by atoms with Crippen molar-refractivity contribution >= 4 is 28.4 Å². The Morgan fingerprint density at radius 1 is 0.867 bits per heavy atom. The van der Waals surface area contributed by atoms with E-state index in [2.05, 4.69) is 6.58 Å². The lowest BCUT2D eigenvalue weighted by atomic mass is 10.1. The van der Waals surface area contributed by atoms with Crippen molar-refractivity contribution in [3.05, 3.63) is 118 Å². The number of thioether (sulfide) groups is 1. The predicted molar refractivity (Wildman–Crippen MR) is 121 cm³/mol. The highest BCUT2D eigenvalue weighted by Gasteiger charge is 2.30. The SMILES string of the molecule is C=C1Oc2c(c(=O)n(-c3ccccc3)c3ccccc23)C(O)=C1Sc1ccccc1. The van der Waals surface area contributed by atoms with Crippen molar-refractivity contribution in [1.82, 2.24) is 4.57 Å². The van der Waals surface area contributed by atoms with Crippen molar-refractivity contribution in [2.24, 2.45) is 0 Å². The lowest BCUT2D eigenvalue weighted by Gasteiger charge is -2.24. The van der Waals surface area contributed by atoms with Crippen LogP contribution in [0.2, 0.25) is 0 Å². The molecule has 0 atom stereocenters. The molecule has 5 heteroatoms. The molecule has 0 saturated heterocycles. The Balaban J connectivity index is 1.81. The molecule has 4 nitrogen and oxygen atoms in total. The number of para-hydroxylation sites is 2. The number of aliphatic hydroxyl groups excluding tert-OH is 1. The van der Waals surface area contributed by atoms with Crippen LogP contribution in [0.5, 0.6) is 5.75 Å². The largest absolute Gasteiger partial charge is 0.506 e. The maximum atomic E-state index is 13.6. The first-order valence-corrected chi connectivity index (χ1v) is 10.2. The maximum Gasteiger partial charge on any atom is 0.270 e. The highest BCUT2D eigenvalue weighted by molar-refractivity contribution is 8.03. The van der Waals surface area contributed by atoms with Crippen LogP contribution in [0.4, 0.5) is 0 Å². The second kappa shape index (κ2) is 7.28. The number of hydrogen-bond acceptors (Lipinski definition) is 4. The van der Waals surface area contributed by atoms with Crippen LogP contribution in [-0.2, 0) is 0 Å². The van der Waals surface area contributed by atoms with Crippen LogP contribution < -0.4 is 10.3 Å². The Labute approximate surface area is 177 Å². The van der Waals surface area contributed by atoms with Crippen molar-refractivity contribution in [2.75, 3.05) is 0 Å². The molecule has 0 saturated carbocycles. The van der Waals surface area contributed by atoms with Gasteiger partial charge < -0.3 is 9.84 Å². The highest BCUT2D eigenvalue weighted by Crippen LogP contribution is 2.44. The summed E-state index contributed by atoms with van der Waals surface area (Å²) in [6, 6.07) is 26.5. The summed E-state index contributed by atoms with van der Waals surface area (Å²) in [5.74, 6) is 0.536. The average Bonchev–Trinajstić information content (AvgIpc) is 2.78. The maximum absolute atomic E-state index is 13.6. The van der Waals surface area contributed by atoms with Crippen molar-refractivity contribution in [3.8, 4) is 11.4 Å². The first kappa shape index (κ1) is 18.3. The molecular formula is C25H17NO3S. The van der Waals surface area contributed by atoms with E-state index in [-0.39, 0.29) is 16.9 Å². The molecule has 1 aliphatic heterocycles. The zero-order valence-corrected chi connectivity index (χ0v) is 16.7. The Hall–Kier alpha value is -3.70. The van der Waals surface area contributed by atoms with E-state index in [1.807, 2.05) is 84.9 Å². The van der Waals surface area contributed by atoms with E-state index in [0.29, 0.717) is 21.9 Å². The molecule has 0 unspecified atom stereocenters. The van der Waals surface area contributed by atoms with Gasteiger partial charge in [-0.15, -0.1) is 0 Å². The lowest BCUT2D eigenvalue weighted by Crippen LogP contribution is -2.26. The van der Waals surface area contributed by atoms with Crippen LogP contribution in [0.15, 0.2) is 112 Å². The Morgan fingerprint density at radius 3 is 2.23 bits per heavy atom. The van der Waals surface area contributed by atoms with Crippen molar-refractivity contribution < 1.29 is 9.84 Å². The predicted octanol–water partition coefficient (Wildman–Crippen LogP) is 5.92. The molecule has 1 aromatic heterocycles. The summed E-state index contributed by atoms with van der Waals surface area (Å²) in [6.07, 6.45) is 0. The third kappa shape index (κ3) is 2.91. The monoisotopic (exact) mass is 411 g/mol. The Bertz CT molecular complexity index is 1370. The molecule has 2 heterocycles. The molecule has 0 bridgehead atoms. The third-order valence-electron chi connectivity index (χ3n) is 4.94. The number of aromatic nitrogens is 1. The minimum atomic E-state index is -0.342. The molecule has 0 spiro atoms. The van der Waals surface area contributed by atoms with Gasteiger partial charge in [-0.25, -0.2) is 0 Å². The minimum absolute atomic E-state index is 0.115. The number of hydrogen-bond donors (Lipinski definition) is 1. The molecular weight excluding hydrogens is 394 g/mol. The standard InChI is InChI=1S/C25H17NO3S/c1-16-24(30-18-12-6-3-7-13-18)22(27)21-23(29-16)19-14-8-9-15-20(19)26(25(21)28)17-10-4-2-5-11-17/h2-15,27H,1H2. The van der Waals surface area contributed by atoms with Crippen LogP contribution in [0, 0.1) is 0 Å². The molecule has 0 radical (unpaired) electrons. The van der Waals surface area contributed by atoms with E-state index < -0.39 is 0 Å². The third-order valence-corrected chi connectivity index (χ3v) is 6.07. The quantitative estimate of drug-likeness (QED) is 0.455. The van der Waals surface area contributed by atoms with Gasteiger partial charge in [-0.2, -0.15) is 0 Å². The van der Waals surface area contributed by atoms with Crippen molar-refractivity contribution in [1.29, 1.82) is 0 Å². The molecule has 0 aliphatic carbocycles. The van der Waals surface area contributed by atoms with Crippen LogP contribution in [0.3, 0.4) is 0 Å². The summed E-state index contributed by atoms with van der Waals surface area (Å²) in [4.78, 5) is 14.9. The molecule has 4 aromatic rings. The van der Waals surface area contributed by atoms with Crippen molar-refractivity contribution in [2.45, 2.75) is 4.90 Å². The zero-order chi connectivity index (χ0) is 20.7. The van der Waals surface area contributed by atoms with Crippen LogP contribution in [-0.4, -0.2) is 9.67 Å². The van der Waals surface area contributed by atoms with E-state index in [0.717, 1.165) is 16.0 Å². The van der Waals surface area contributed by atoms with Crippen LogP contribution in [0.25, 0.3) is 22.3 Å². The van der Waals surface area contributed by atoms with Crippen molar-refractivity contribution in [3.63, 3.8) is 0 Å². The minimum Gasteiger partial charge on any atom is -0.506 e. The van der Waals surface area contributed by atoms with E-state index in [1.165, 1.54) is 11.8 Å². The fourth-order valence-corrected chi connectivity index (χ4v) is 4.47. The van der Waals surface area contributed by atoms with Gasteiger partial charge in [-0.1, -0.05) is 66.9 Å². The molecule has 30 heavy (non-hydrogen) atoms. The molecule has 1 aliphatic rings. The second-order valence-corrected chi connectivity index (χ2v) is 7.90. The van der Waals surface area contributed by atoms with Crippen LogP contribution >= 0.6 is 11.8 Å². The number of rotatable bonds is 3. The highest BCUT2D eigenvalue weighted by atomic mass is 32.2. The first-order valence-electron chi connectivity index (χ1n) is 9.42. The molecule has 0 fully saturated rings. The van der Waals surface area contributed by atoms with Gasteiger partial charge in [0.25, 0.3) is 5.56 Å². The number of benzene rings is 3. The molecule has 0 amide bonds. The van der Waals surface area contributed by atoms with Gasteiger partial charge in [0.05, 0.1) is 10.4 Å². The molecule has 1 N–H and O–H groups in total. The first-order chi connectivity index (χ1) is 14.6. The van der Waals surface area contributed by atoms with Gasteiger partial charge in [0, 0.05) is 16.0 Å². The molecule has 146 valence electrons. The van der Waals surface area contributed by atoms with Gasteiger partial charge in [-0.3, -0.25) is 9.36 Å². The topological polar surface area (TPSA) is 51.5 Å². The fourth-order valence-electron chi connectivity index (χ4n) is 3.59. The number of pyridine rings is 1. The zero-order valence-electron chi connectivity index (χ0n) is 15.9. The van der Waals surface area contributed by atoms with Crippen LogP contribution in [0.1, 0.15) is 5.56 Å². The number of ether oxygens (including phenoxy) is 1. The second-order valence-electron chi connectivity index (χ2n) is 6.82. The van der Waals surface area contributed by atoms with E-state index in [1.54, 1.807) is 4.57 Å². The smallest absolute Gasteiger partial charge is 0.270 e.